The van der Waals surface area contributed by atoms with Gasteiger partial charge in [0.25, 0.3) is 5.91 Å². The Morgan fingerprint density at radius 1 is 1.12 bits per heavy atom. The third kappa shape index (κ3) is 4.19. The molecule has 1 aliphatic heterocycles. The molecule has 0 bridgehead atoms. The summed E-state index contributed by atoms with van der Waals surface area (Å²) in [5.41, 5.74) is 1.52. The Balaban J connectivity index is 1.77. The molecular formula is C18H20N4O3. The van der Waals surface area contributed by atoms with Gasteiger partial charge in [-0.05, 0) is 38.1 Å². The number of rotatable bonds is 4. The lowest BCUT2D eigenvalue weighted by Crippen LogP contribution is -2.37. The van der Waals surface area contributed by atoms with Crippen LogP contribution < -0.4 is 10.2 Å². The molecule has 1 saturated heterocycles. The van der Waals surface area contributed by atoms with Crippen molar-refractivity contribution in [3.63, 3.8) is 0 Å². The van der Waals surface area contributed by atoms with Crippen LogP contribution >= 0.6 is 0 Å². The quantitative estimate of drug-likeness (QED) is 0.858. The molecule has 0 atom stereocenters. The lowest BCUT2D eigenvalue weighted by atomic mass is 10.1. The lowest BCUT2D eigenvalue weighted by molar-refractivity contribution is 0.101. The number of ether oxygens (including phenoxy) is 1. The van der Waals surface area contributed by atoms with Gasteiger partial charge in [0.05, 0.1) is 13.2 Å². The van der Waals surface area contributed by atoms with E-state index in [1.54, 1.807) is 37.3 Å². The minimum atomic E-state index is -0.310. The summed E-state index contributed by atoms with van der Waals surface area (Å²) in [4.78, 5) is 34.6. The summed E-state index contributed by atoms with van der Waals surface area (Å²) < 4.78 is 5.35. The van der Waals surface area contributed by atoms with Crippen LogP contribution in [0.2, 0.25) is 0 Å². The number of Topliss-reactive ketones (excluding diaryl/α,β-unsaturated/α-hetero) is 1. The van der Waals surface area contributed by atoms with Crippen LogP contribution in [0.5, 0.6) is 0 Å². The van der Waals surface area contributed by atoms with Crippen molar-refractivity contribution in [2.45, 2.75) is 13.8 Å². The van der Waals surface area contributed by atoms with Crippen LogP contribution in [0, 0.1) is 6.92 Å². The van der Waals surface area contributed by atoms with Crippen LogP contribution in [-0.4, -0.2) is 48.0 Å². The molecule has 130 valence electrons. The molecule has 0 saturated carbocycles. The Hall–Kier alpha value is -2.80. The van der Waals surface area contributed by atoms with Crippen LogP contribution in [-0.2, 0) is 4.74 Å². The molecule has 1 N–H and O–H groups in total. The molecule has 1 fully saturated rings. The molecule has 0 unspecified atom stereocenters. The van der Waals surface area contributed by atoms with Crippen LogP contribution in [0.1, 0.15) is 33.6 Å². The number of aromatic nitrogens is 2. The van der Waals surface area contributed by atoms with E-state index in [1.807, 2.05) is 0 Å². The van der Waals surface area contributed by atoms with Gasteiger partial charge in [0.1, 0.15) is 17.3 Å². The largest absolute Gasteiger partial charge is 0.378 e. The van der Waals surface area contributed by atoms with Gasteiger partial charge in [0.15, 0.2) is 5.78 Å². The van der Waals surface area contributed by atoms with Crippen molar-refractivity contribution in [3.05, 3.63) is 47.4 Å². The molecule has 7 heteroatoms. The van der Waals surface area contributed by atoms with Crippen LogP contribution in [0.25, 0.3) is 0 Å². The number of anilines is 2. The molecule has 1 aliphatic rings. The van der Waals surface area contributed by atoms with Crippen LogP contribution in [0.4, 0.5) is 11.5 Å². The molecule has 2 aromatic rings. The molecule has 0 aliphatic carbocycles. The summed E-state index contributed by atoms with van der Waals surface area (Å²) in [7, 11) is 0. The van der Waals surface area contributed by atoms with Crippen molar-refractivity contribution in [2.75, 3.05) is 36.5 Å². The fourth-order valence-electron chi connectivity index (χ4n) is 2.61. The number of hydrogen-bond acceptors (Lipinski definition) is 6. The van der Waals surface area contributed by atoms with Crippen molar-refractivity contribution in [1.82, 2.24) is 9.97 Å². The second-order valence-corrected chi connectivity index (χ2v) is 5.85. The van der Waals surface area contributed by atoms with E-state index >= 15 is 0 Å². The van der Waals surface area contributed by atoms with Gasteiger partial charge in [-0.3, -0.25) is 9.59 Å². The highest BCUT2D eigenvalue weighted by atomic mass is 16.5. The first kappa shape index (κ1) is 17.0. The van der Waals surface area contributed by atoms with Gasteiger partial charge in [0.2, 0.25) is 0 Å². The maximum absolute atomic E-state index is 12.5. The highest BCUT2D eigenvalue weighted by molar-refractivity contribution is 6.03. The number of hydrogen-bond donors (Lipinski definition) is 1. The number of carbonyl (C=O) groups excluding carboxylic acids is 2. The zero-order chi connectivity index (χ0) is 17.8. The summed E-state index contributed by atoms with van der Waals surface area (Å²) in [5.74, 6) is 0.948. The van der Waals surface area contributed by atoms with Crippen molar-refractivity contribution in [1.29, 1.82) is 0 Å². The molecule has 7 nitrogen and oxygen atoms in total. The minimum absolute atomic E-state index is 0.0144. The molecule has 25 heavy (non-hydrogen) atoms. The monoisotopic (exact) mass is 340 g/mol. The number of ketones is 1. The van der Waals surface area contributed by atoms with Gasteiger partial charge in [-0.15, -0.1) is 0 Å². The molecular weight excluding hydrogens is 320 g/mol. The molecule has 0 spiro atoms. The predicted octanol–water partition coefficient (Wildman–Crippen LogP) is 2.08. The Morgan fingerprint density at radius 2 is 1.80 bits per heavy atom. The van der Waals surface area contributed by atoms with Gasteiger partial charge in [0, 0.05) is 30.4 Å². The van der Waals surface area contributed by atoms with Crippen molar-refractivity contribution in [2.24, 2.45) is 0 Å². The lowest BCUT2D eigenvalue weighted by Gasteiger charge is -2.28. The van der Waals surface area contributed by atoms with Gasteiger partial charge in [-0.1, -0.05) is 0 Å². The summed E-state index contributed by atoms with van der Waals surface area (Å²) >= 11 is 0. The summed E-state index contributed by atoms with van der Waals surface area (Å²) in [6.07, 6.45) is 0. The zero-order valence-electron chi connectivity index (χ0n) is 14.3. The molecule has 0 radical (unpaired) electrons. The SMILES string of the molecule is CC(=O)c1ccc(NC(=O)c2cc(N3CCOCC3)nc(C)n2)cc1. The fraction of sp³-hybridized carbons (Fsp3) is 0.333. The van der Waals surface area contributed by atoms with Gasteiger partial charge < -0.3 is 15.0 Å². The number of amides is 1. The van der Waals surface area contributed by atoms with Crippen LogP contribution in [0.3, 0.4) is 0 Å². The van der Waals surface area contributed by atoms with E-state index in [2.05, 4.69) is 20.2 Å². The number of carbonyl (C=O) groups is 2. The number of aryl methyl sites for hydroxylation is 1. The van der Waals surface area contributed by atoms with Crippen molar-refractivity contribution < 1.29 is 14.3 Å². The predicted molar refractivity (Wildman–Crippen MR) is 94.2 cm³/mol. The Bertz CT molecular complexity index is 783. The standard InChI is InChI=1S/C18H20N4O3/c1-12(23)14-3-5-15(6-4-14)21-18(24)16-11-17(20-13(2)19-16)22-7-9-25-10-8-22/h3-6,11H,7-10H2,1-2H3,(H,21,24). The average molecular weight is 340 g/mol. The van der Waals surface area contributed by atoms with E-state index < -0.39 is 0 Å². The van der Waals surface area contributed by atoms with Gasteiger partial charge >= 0.3 is 0 Å². The van der Waals surface area contributed by atoms with E-state index in [4.69, 9.17) is 4.74 Å². The molecule has 1 aromatic heterocycles. The number of nitrogens with zero attached hydrogens (tertiary/aromatic N) is 3. The number of benzene rings is 1. The highest BCUT2D eigenvalue weighted by Crippen LogP contribution is 2.16. The zero-order valence-corrected chi connectivity index (χ0v) is 14.3. The fourth-order valence-corrected chi connectivity index (χ4v) is 2.61. The average Bonchev–Trinajstić information content (AvgIpc) is 2.62. The van der Waals surface area contributed by atoms with Crippen molar-refractivity contribution in [3.8, 4) is 0 Å². The van der Waals surface area contributed by atoms with E-state index in [0.717, 1.165) is 18.9 Å². The third-order valence-corrected chi connectivity index (χ3v) is 3.94. The normalized spacial score (nSPS) is 14.2. The number of morpholine rings is 1. The first-order valence-corrected chi connectivity index (χ1v) is 8.13. The second-order valence-electron chi connectivity index (χ2n) is 5.85. The molecule has 1 amide bonds. The second kappa shape index (κ2) is 7.40. The van der Waals surface area contributed by atoms with E-state index in [0.29, 0.717) is 36.0 Å². The van der Waals surface area contributed by atoms with E-state index in [-0.39, 0.29) is 11.7 Å². The summed E-state index contributed by atoms with van der Waals surface area (Å²) in [6.45, 7) is 6.04. The minimum Gasteiger partial charge on any atom is -0.378 e. The molecule has 3 rings (SSSR count). The topological polar surface area (TPSA) is 84.4 Å². The van der Waals surface area contributed by atoms with E-state index in [1.165, 1.54) is 6.92 Å². The maximum atomic E-state index is 12.5. The van der Waals surface area contributed by atoms with Crippen molar-refractivity contribution >= 4 is 23.2 Å². The Morgan fingerprint density at radius 3 is 2.44 bits per heavy atom. The molecule has 2 heterocycles. The summed E-state index contributed by atoms with van der Waals surface area (Å²) in [5, 5.41) is 2.80. The van der Waals surface area contributed by atoms with Crippen LogP contribution in [0.15, 0.2) is 30.3 Å². The van der Waals surface area contributed by atoms with Gasteiger partial charge in [-0.2, -0.15) is 0 Å². The smallest absolute Gasteiger partial charge is 0.274 e. The van der Waals surface area contributed by atoms with Gasteiger partial charge in [-0.25, -0.2) is 9.97 Å². The first-order valence-electron chi connectivity index (χ1n) is 8.13. The first-order chi connectivity index (χ1) is 12.0. The third-order valence-electron chi connectivity index (χ3n) is 3.94. The summed E-state index contributed by atoms with van der Waals surface area (Å²) in [6, 6.07) is 8.46. The Kier molecular flexibility index (Phi) is 5.04. The Labute approximate surface area is 146 Å². The number of nitrogens with one attached hydrogen (secondary N) is 1. The highest BCUT2D eigenvalue weighted by Gasteiger charge is 2.17. The van der Waals surface area contributed by atoms with E-state index in [9.17, 15) is 9.59 Å². The maximum Gasteiger partial charge on any atom is 0.274 e. The molecule has 1 aromatic carbocycles.